The summed E-state index contributed by atoms with van der Waals surface area (Å²) in [6.07, 6.45) is -7.58. The third-order valence-electron chi connectivity index (χ3n) is 6.14. The molecule has 41 heavy (non-hydrogen) atoms. The van der Waals surface area contributed by atoms with Crippen molar-refractivity contribution in [2.24, 2.45) is 0 Å². The lowest BCUT2D eigenvalue weighted by Gasteiger charge is -2.25. The molecule has 0 radical (unpaired) electrons. The van der Waals surface area contributed by atoms with Crippen LogP contribution in [0.15, 0.2) is 42.5 Å². The third-order valence-corrected chi connectivity index (χ3v) is 6.75. The summed E-state index contributed by atoms with van der Waals surface area (Å²) in [5.74, 6) is -3.30. The van der Waals surface area contributed by atoms with E-state index >= 15 is 0 Å². The van der Waals surface area contributed by atoms with Crippen LogP contribution in [0.3, 0.4) is 0 Å². The van der Waals surface area contributed by atoms with Crippen molar-refractivity contribution in [1.29, 1.82) is 0 Å². The minimum Gasteiger partial charge on any atom is -0.348 e. The van der Waals surface area contributed by atoms with E-state index in [1.54, 1.807) is 0 Å². The maximum Gasteiger partial charge on any atom is 0.416 e. The summed E-state index contributed by atoms with van der Waals surface area (Å²) in [7, 11) is 0. The minimum atomic E-state index is -4.97. The van der Waals surface area contributed by atoms with Gasteiger partial charge in [-0.2, -0.15) is 18.3 Å². The number of benzene rings is 3. The summed E-state index contributed by atoms with van der Waals surface area (Å²) in [6.45, 7) is 0.546. The van der Waals surface area contributed by atoms with Crippen LogP contribution in [0, 0.1) is 18.6 Å². The molecule has 0 aliphatic heterocycles. The van der Waals surface area contributed by atoms with Gasteiger partial charge in [-0.05, 0) is 55.0 Å². The topological polar surface area (TPSA) is 76.0 Å². The first-order valence-electron chi connectivity index (χ1n) is 11.5. The van der Waals surface area contributed by atoms with Gasteiger partial charge in [-0.25, -0.2) is 17.6 Å². The highest BCUT2D eigenvalue weighted by Crippen LogP contribution is 2.41. The van der Waals surface area contributed by atoms with Crippen LogP contribution in [0.1, 0.15) is 38.7 Å². The molecule has 0 saturated heterocycles. The zero-order chi connectivity index (χ0) is 30.2. The number of anilines is 1. The number of carbonyl (C=O) groups is 2. The van der Waals surface area contributed by atoms with E-state index < -0.39 is 53.9 Å². The Kier molecular flexibility index (Phi) is 8.50. The average molecular weight is 621 g/mol. The largest absolute Gasteiger partial charge is 0.416 e. The molecule has 2 amide bonds. The lowest BCUT2D eigenvalue weighted by Crippen LogP contribution is -2.25. The zero-order valence-electron chi connectivity index (χ0n) is 20.6. The first-order chi connectivity index (χ1) is 19.2. The molecule has 2 N–H and O–H groups in total. The van der Waals surface area contributed by atoms with E-state index in [1.807, 2.05) is 0 Å². The summed E-state index contributed by atoms with van der Waals surface area (Å²) in [5, 5.41) is 8.63. The molecule has 4 aromatic rings. The van der Waals surface area contributed by atoms with Gasteiger partial charge in [0.25, 0.3) is 12.3 Å². The molecule has 0 saturated carbocycles. The number of carbonyl (C=O) groups excluding carboxylic acids is 2. The Labute approximate surface area is 237 Å². The normalized spacial score (nSPS) is 12.6. The van der Waals surface area contributed by atoms with E-state index in [0.717, 1.165) is 22.9 Å². The van der Waals surface area contributed by atoms with E-state index in [-0.39, 0.29) is 55.9 Å². The standard InChI is InChI=1S/C26H17Cl2F7N4O2/c1-11-21(23(36-10-40)16-7-14(29)2-3-17(16)27)18(8-19-22(11)24(28)38-39(19)9-20(31)32)37-25(41)12-4-13(26(33,34)35)6-15(30)5-12/h2-8,10,20,23H,9H2,1H3,(H,36,40)(H,37,41). The van der Waals surface area contributed by atoms with Crippen molar-refractivity contribution in [3.8, 4) is 0 Å². The van der Waals surface area contributed by atoms with Gasteiger partial charge in [-0.1, -0.05) is 23.2 Å². The molecular formula is C26H17Cl2F7N4O2. The molecule has 15 heteroatoms. The van der Waals surface area contributed by atoms with E-state index in [1.165, 1.54) is 13.0 Å². The molecule has 0 spiro atoms. The monoisotopic (exact) mass is 620 g/mol. The van der Waals surface area contributed by atoms with E-state index in [2.05, 4.69) is 15.7 Å². The molecule has 4 rings (SSSR count). The lowest BCUT2D eigenvalue weighted by atomic mass is 9.91. The van der Waals surface area contributed by atoms with Crippen molar-refractivity contribution in [1.82, 2.24) is 15.1 Å². The fourth-order valence-electron chi connectivity index (χ4n) is 4.45. The Bertz CT molecular complexity index is 1660. The third kappa shape index (κ3) is 6.25. The molecule has 1 atom stereocenters. The highest BCUT2D eigenvalue weighted by molar-refractivity contribution is 6.34. The minimum absolute atomic E-state index is 0.00253. The van der Waals surface area contributed by atoms with Crippen molar-refractivity contribution >= 4 is 52.1 Å². The Morgan fingerprint density at radius 1 is 1.07 bits per heavy atom. The van der Waals surface area contributed by atoms with Gasteiger partial charge in [0, 0.05) is 32.8 Å². The number of nitrogens with zero attached hydrogens (tertiary/aromatic N) is 2. The lowest BCUT2D eigenvalue weighted by molar-refractivity contribution is -0.137. The smallest absolute Gasteiger partial charge is 0.348 e. The molecule has 0 aliphatic rings. The summed E-state index contributed by atoms with van der Waals surface area (Å²) >= 11 is 12.6. The molecule has 0 fully saturated rings. The van der Waals surface area contributed by atoms with Crippen LogP contribution in [0.5, 0.6) is 0 Å². The SMILES string of the molecule is Cc1c(C(NC=O)c2cc(F)ccc2Cl)c(NC(=O)c2cc(F)cc(C(F)(F)F)c2)cc2c1c(Cl)nn2CC(F)F. The van der Waals surface area contributed by atoms with Gasteiger partial charge in [-0.3, -0.25) is 14.3 Å². The van der Waals surface area contributed by atoms with Crippen molar-refractivity contribution in [2.45, 2.75) is 32.1 Å². The molecule has 1 aromatic heterocycles. The fraction of sp³-hybridized carbons (Fsp3) is 0.192. The molecule has 0 bridgehead atoms. The molecule has 0 aliphatic carbocycles. The predicted molar refractivity (Wildman–Crippen MR) is 137 cm³/mol. The van der Waals surface area contributed by atoms with Crippen molar-refractivity contribution in [2.75, 3.05) is 5.32 Å². The van der Waals surface area contributed by atoms with Crippen LogP contribution in [0.25, 0.3) is 10.9 Å². The highest BCUT2D eigenvalue weighted by Gasteiger charge is 2.33. The predicted octanol–water partition coefficient (Wildman–Crippen LogP) is 7.30. The van der Waals surface area contributed by atoms with Crippen LogP contribution in [-0.4, -0.2) is 28.5 Å². The van der Waals surface area contributed by atoms with Crippen LogP contribution < -0.4 is 10.6 Å². The molecule has 1 unspecified atom stereocenters. The van der Waals surface area contributed by atoms with Gasteiger partial charge in [0.2, 0.25) is 6.41 Å². The van der Waals surface area contributed by atoms with Gasteiger partial charge in [0.05, 0.1) is 17.1 Å². The number of halogens is 9. The number of aryl methyl sites for hydroxylation is 1. The van der Waals surface area contributed by atoms with Crippen LogP contribution in [0.4, 0.5) is 36.4 Å². The second-order valence-corrected chi connectivity index (χ2v) is 9.55. The highest BCUT2D eigenvalue weighted by atomic mass is 35.5. The molecule has 6 nitrogen and oxygen atoms in total. The van der Waals surface area contributed by atoms with Gasteiger partial charge in [0.1, 0.15) is 18.2 Å². The number of aromatic nitrogens is 2. The van der Waals surface area contributed by atoms with E-state index in [0.29, 0.717) is 12.1 Å². The molecule has 3 aromatic carbocycles. The van der Waals surface area contributed by atoms with E-state index in [4.69, 9.17) is 23.2 Å². The van der Waals surface area contributed by atoms with Crippen molar-refractivity contribution in [3.63, 3.8) is 0 Å². The van der Waals surface area contributed by atoms with Crippen molar-refractivity contribution < 1.29 is 40.3 Å². The summed E-state index contributed by atoms with van der Waals surface area (Å²) in [4.78, 5) is 24.8. The average Bonchev–Trinajstić information content (AvgIpc) is 3.18. The number of amides is 2. The number of alkyl halides is 5. The number of hydrogen-bond donors (Lipinski definition) is 2. The Hall–Kier alpha value is -3.84. The number of hydrogen-bond acceptors (Lipinski definition) is 3. The van der Waals surface area contributed by atoms with Crippen LogP contribution >= 0.6 is 23.2 Å². The first kappa shape index (κ1) is 30.1. The summed E-state index contributed by atoms with van der Waals surface area (Å²) in [6, 6.07) is 4.33. The van der Waals surface area contributed by atoms with Gasteiger partial charge >= 0.3 is 6.18 Å². The van der Waals surface area contributed by atoms with Crippen molar-refractivity contribution in [3.05, 3.63) is 92.1 Å². The fourth-order valence-corrected chi connectivity index (χ4v) is 5.00. The number of nitrogens with one attached hydrogen (secondary N) is 2. The number of rotatable bonds is 8. The maximum absolute atomic E-state index is 14.2. The van der Waals surface area contributed by atoms with Gasteiger partial charge in [-0.15, -0.1) is 0 Å². The summed E-state index contributed by atoms with van der Waals surface area (Å²) in [5.41, 5.74) is -2.15. The zero-order valence-corrected chi connectivity index (χ0v) is 22.1. The summed E-state index contributed by atoms with van der Waals surface area (Å²) < 4.78 is 95.5. The maximum atomic E-state index is 14.2. The Morgan fingerprint density at radius 3 is 2.41 bits per heavy atom. The van der Waals surface area contributed by atoms with E-state index in [9.17, 15) is 40.3 Å². The van der Waals surface area contributed by atoms with Gasteiger partial charge in [0.15, 0.2) is 5.15 Å². The first-order valence-corrected chi connectivity index (χ1v) is 12.3. The molecule has 1 heterocycles. The number of fused-ring (bicyclic) bond motifs is 1. The quantitative estimate of drug-likeness (QED) is 0.160. The Balaban J connectivity index is 1.98. The second-order valence-electron chi connectivity index (χ2n) is 8.78. The van der Waals surface area contributed by atoms with Gasteiger partial charge < -0.3 is 10.6 Å². The second kappa shape index (κ2) is 11.6. The van der Waals surface area contributed by atoms with Crippen LogP contribution in [0.2, 0.25) is 10.2 Å². The molecular weight excluding hydrogens is 604 g/mol. The van der Waals surface area contributed by atoms with Crippen LogP contribution in [-0.2, 0) is 17.5 Å². The Morgan fingerprint density at radius 2 is 1.78 bits per heavy atom. The molecule has 216 valence electrons.